The van der Waals surface area contributed by atoms with Crippen LogP contribution in [0, 0.1) is 0 Å². The number of nitrogens with zero attached hydrogens (tertiary/aromatic N) is 1. The lowest BCUT2D eigenvalue weighted by Gasteiger charge is -2.23. The molecule has 0 heterocycles. The van der Waals surface area contributed by atoms with Gasteiger partial charge in [-0.3, -0.25) is 9.10 Å². The Morgan fingerprint density at radius 2 is 1.85 bits per heavy atom. The number of benzene rings is 1. The predicted molar refractivity (Wildman–Crippen MR) is 73.8 cm³/mol. The van der Waals surface area contributed by atoms with E-state index in [1.165, 1.54) is 33.5 Å². The first kappa shape index (κ1) is 16.1. The molecular formula is C12H17NO6S. The zero-order chi connectivity index (χ0) is 15.3. The van der Waals surface area contributed by atoms with Crippen molar-refractivity contribution in [2.24, 2.45) is 0 Å². The first-order valence-corrected chi connectivity index (χ1v) is 7.45. The second-order valence-electron chi connectivity index (χ2n) is 3.88. The van der Waals surface area contributed by atoms with E-state index in [0.717, 1.165) is 10.6 Å². The highest BCUT2D eigenvalue weighted by molar-refractivity contribution is 7.92. The van der Waals surface area contributed by atoms with Gasteiger partial charge in [-0.15, -0.1) is 0 Å². The van der Waals surface area contributed by atoms with Crippen LogP contribution in [0.1, 0.15) is 0 Å². The lowest BCUT2D eigenvalue weighted by atomic mass is 10.2. The van der Waals surface area contributed by atoms with Crippen LogP contribution in [-0.4, -0.2) is 48.5 Å². The molecule has 0 fully saturated rings. The lowest BCUT2D eigenvalue weighted by molar-refractivity contribution is -0.138. The normalized spacial score (nSPS) is 10.8. The molecule has 0 aliphatic carbocycles. The van der Waals surface area contributed by atoms with Crippen molar-refractivity contribution >= 4 is 21.7 Å². The van der Waals surface area contributed by atoms with Crippen molar-refractivity contribution in [1.29, 1.82) is 0 Å². The van der Waals surface area contributed by atoms with E-state index in [9.17, 15) is 13.2 Å². The minimum atomic E-state index is -3.66. The maximum atomic E-state index is 11.8. The van der Waals surface area contributed by atoms with Crippen molar-refractivity contribution < 1.29 is 27.4 Å². The minimum absolute atomic E-state index is 0.237. The average Bonchev–Trinajstić information content (AvgIpc) is 2.42. The number of esters is 1. The number of hydrogen-bond donors (Lipinski definition) is 0. The van der Waals surface area contributed by atoms with Crippen molar-refractivity contribution in [3.05, 3.63) is 18.2 Å². The van der Waals surface area contributed by atoms with Crippen LogP contribution in [-0.2, 0) is 19.6 Å². The van der Waals surface area contributed by atoms with E-state index >= 15 is 0 Å². The van der Waals surface area contributed by atoms with Gasteiger partial charge in [0.15, 0.2) is 0 Å². The highest BCUT2D eigenvalue weighted by atomic mass is 32.2. The van der Waals surface area contributed by atoms with Gasteiger partial charge < -0.3 is 14.2 Å². The quantitative estimate of drug-likeness (QED) is 0.717. The van der Waals surface area contributed by atoms with Gasteiger partial charge in [0.25, 0.3) is 0 Å². The fraction of sp³-hybridized carbons (Fsp3) is 0.417. The molecule has 1 rings (SSSR count). The topological polar surface area (TPSA) is 82.1 Å². The van der Waals surface area contributed by atoms with E-state index < -0.39 is 22.5 Å². The van der Waals surface area contributed by atoms with Crippen LogP contribution < -0.4 is 13.8 Å². The molecule has 0 bridgehead atoms. The molecule has 0 N–H and O–H groups in total. The third-order valence-electron chi connectivity index (χ3n) is 2.56. The van der Waals surface area contributed by atoms with Crippen molar-refractivity contribution in [2.45, 2.75) is 0 Å². The maximum absolute atomic E-state index is 11.8. The molecule has 20 heavy (non-hydrogen) atoms. The summed E-state index contributed by atoms with van der Waals surface area (Å²) in [6, 6.07) is 4.61. The number of methoxy groups -OCH3 is 3. The van der Waals surface area contributed by atoms with Gasteiger partial charge in [0.2, 0.25) is 10.0 Å². The van der Waals surface area contributed by atoms with Crippen LogP contribution in [0.2, 0.25) is 0 Å². The standard InChI is InChI=1S/C12H17NO6S/c1-17-9-5-6-10(11(7-9)18-2)13(20(4,15)16)8-12(14)19-3/h5-7H,8H2,1-4H3. The number of rotatable bonds is 6. The van der Waals surface area contributed by atoms with Gasteiger partial charge in [-0.05, 0) is 12.1 Å². The summed E-state index contributed by atoms with van der Waals surface area (Å²) in [6.07, 6.45) is 1.000. The van der Waals surface area contributed by atoms with Gasteiger partial charge in [0, 0.05) is 6.07 Å². The molecule has 0 radical (unpaired) electrons. The molecule has 0 saturated heterocycles. The smallest absolute Gasteiger partial charge is 0.326 e. The number of carbonyl (C=O) groups excluding carboxylic acids is 1. The van der Waals surface area contributed by atoms with Crippen molar-refractivity contribution in [3.8, 4) is 11.5 Å². The number of sulfonamides is 1. The molecule has 7 nitrogen and oxygen atoms in total. The van der Waals surface area contributed by atoms with E-state index in [1.54, 1.807) is 6.07 Å². The Morgan fingerprint density at radius 3 is 2.30 bits per heavy atom. The summed E-state index contributed by atoms with van der Waals surface area (Å²) in [5.74, 6) is 0.115. The molecule has 0 saturated carbocycles. The monoisotopic (exact) mass is 303 g/mol. The molecule has 112 valence electrons. The van der Waals surface area contributed by atoms with Gasteiger partial charge >= 0.3 is 5.97 Å². The molecule has 0 aromatic heterocycles. The van der Waals surface area contributed by atoms with Crippen molar-refractivity contribution in [3.63, 3.8) is 0 Å². The lowest BCUT2D eigenvalue weighted by Crippen LogP contribution is -2.35. The number of anilines is 1. The summed E-state index contributed by atoms with van der Waals surface area (Å²) in [7, 11) is 0.408. The molecule has 0 spiro atoms. The van der Waals surface area contributed by atoms with Crippen LogP contribution >= 0.6 is 0 Å². The highest BCUT2D eigenvalue weighted by Crippen LogP contribution is 2.33. The molecule has 1 aromatic carbocycles. The first-order valence-electron chi connectivity index (χ1n) is 5.60. The second-order valence-corrected chi connectivity index (χ2v) is 5.79. The second kappa shape index (κ2) is 6.47. The molecule has 0 aliphatic rings. The summed E-state index contributed by atoms with van der Waals surface area (Å²) in [5.41, 5.74) is 0.237. The molecule has 0 amide bonds. The summed E-state index contributed by atoms with van der Waals surface area (Å²) in [4.78, 5) is 11.4. The first-order chi connectivity index (χ1) is 9.33. The Labute approximate surface area is 118 Å². The van der Waals surface area contributed by atoms with E-state index in [2.05, 4.69) is 4.74 Å². The predicted octanol–water partition coefficient (Wildman–Crippen LogP) is 0.643. The highest BCUT2D eigenvalue weighted by Gasteiger charge is 2.24. The number of ether oxygens (including phenoxy) is 3. The van der Waals surface area contributed by atoms with Crippen LogP contribution in [0.25, 0.3) is 0 Å². The van der Waals surface area contributed by atoms with Gasteiger partial charge in [-0.1, -0.05) is 0 Å². The largest absolute Gasteiger partial charge is 0.497 e. The molecule has 0 atom stereocenters. The Balaban J connectivity index is 3.30. The van der Waals surface area contributed by atoms with E-state index in [4.69, 9.17) is 9.47 Å². The number of carbonyl (C=O) groups is 1. The van der Waals surface area contributed by atoms with Gasteiger partial charge in [-0.2, -0.15) is 0 Å². The van der Waals surface area contributed by atoms with E-state index in [0.29, 0.717) is 5.75 Å². The van der Waals surface area contributed by atoms with E-state index in [1.807, 2.05) is 0 Å². The zero-order valence-corrected chi connectivity index (χ0v) is 12.6. The Morgan fingerprint density at radius 1 is 1.20 bits per heavy atom. The summed E-state index contributed by atoms with van der Waals surface area (Å²) in [6.45, 7) is -0.433. The Hall–Kier alpha value is -1.96. The van der Waals surface area contributed by atoms with Crippen molar-refractivity contribution in [2.75, 3.05) is 38.4 Å². The van der Waals surface area contributed by atoms with Crippen molar-refractivity contribution in [1.82, 2.24) is 0 Å². The van der Waals surface area contributed by atoms with Gasteiger partial charge in [-0.25, -0.2) is 8.42 Å². The van der Waals surface area contributed by atoms with Gasteiger partial charge in [0.1, 0.15) is 18.0 Å². The van der Waals surface area contributed by atoms with Crippen LogP contribution in [0.15, 0.2) is 18.2 Å². The van der Waals surface area contributed by atoms with E-state index in [-0.39, 0.29) is 11.4 Å². The molecule has 8 heteroatoms. The average molecular weight is 303 g/mol. The fourth-order valence-electron chi connectivity index (χ4n) is 1.55. The van der Waals surface area contributed by atoms with Crippen LogP contribution in [0.3, 0.4) is 0 Å². The third kappa shape index (κ3) is 3.77. The molecule has 0 aliphatic heterocycles. The zero-order valence-electron chi connectivity index (χ0n) is 11.7. The fourth-order valence-corrected chi connectivity index (χ4v) is 2.40. The Bertz CT molecular complexity index is 584. The molecule has 0 unspecified atom stereocenters. The summed E-state index contributed by atoms with van der Waals surface area (Å²) < 4.78 is 39.3. The minimum Gasteiger partial charge on any atom is -0.497 e. The van der Waals surface area contributed by atoms with Gasteiger partial charge in [0.05, 0.1) is 33.3 Å². The molecular weight excluding hydrogens is 286 g/mol. The summed E-state index contributed by atoms with van der Waals surface area (Å²) in [5, 5.41) is 0. The summed E-state index contributed by atoms with van der Waals surface area (Å²) >= 11 is 0. The number of hydrogen-bond acceptors (Lipinski definition) is 6. The molecule has 1 aromatic rings. The maximum Gasteiger partial charge on any atom is 0.326 e. The Kier molecular flexibility index (Phi) is 5.20. The third-order valence-corrected chi connectivity index (χ3v) is 3.68. The SMILES string of the molecule is COC(=O)CN(c1ccc(OC)cc1OC)S(C)(=O)=O. The van der Waals surface area contributed by atoms with Crippen LogP contribution in [0.4, 0.5) is 5.69 Å². The van der Waals surface area contributed by atoms with Crippen LogP contribution in [0.5, 0.6) is 11.5 Å².